The molecule has 0 saturated heterocycles. The summed E-state index contributed by atoms with van der Waals surface area (Å²) in [7, 11) is -2.41. The fourth-order valence-corrected chi connectivity index (χ4v) is 6.28. The lowest BCUT2D eigenvalue weighted by atomic mass is 10.1. The molecule has 8 nitrogen and oxygen atoms in total. The van der Waals surface area contributed by atoms with Gasteiger partial charge in [-0.15, -0.1) is 0 Å². The van der Waals surface area contributed by atoms with Crippen LogP contribution < -0.4 is 14.4 Å². The number of sulfonamides is 1. The number of aryl methyl sites for hydroxylation is 1. The molecular weight excluding hydrogens is 556 g/mol. The first-order valence-corrected chi connectivity index (χ1v) is 14.5. The van der Waals surface area contributed by atoms with E-state index >= 15 is 0 Å². The van der Waals surface area contributed by atoms with E-state index in [1.54, 1.807) is 67.0 Å². The molecule has 0 aliphatic rings. The van der Waals surface area contributed by atoms with Gasteiger partial charge in [0.2, 0.25) is 0 Å². The molecule has 5 rings (SSSR count). The molecule has 0 aliphatic heterocycles. The lowest BCUT2D eigenvalue weighted by Gasteiger charge is -2.22. The Hall–Kier alpha value is -3.99. The van der Waals surface area contributed by atoms with Crippen molar-refractivity contribution in [2.45, 2.75) is 18.4 Å². The highest BCUT2D eigenvalue weighted by atomic mass is 35.5. The average Bonchev–Trinajstić information content (AvgIpc) is 3.39. The van der Waals surface area contributed by atoms with Crippen molar-refractivity contribution >= 4 is 59.9 Å². The number of rotatable bonds is 8. The van der Waals surface area contributed by atoms with E-state index in [1.165, 1.54) is 35.5 Å². The molecular formula is C28H23ClN4O4S2. The van der Waals surface area contributed by atoms with Gasteiger partial charge in [-0.25, -0.2) is 13.4 Å². The number of methoxy groups -OCH3 is 1. The summed E-state index contributed by atoms with van der Waals surface area (Å²) in [5, 5.41) is 0.857. The molecule has 2 aromatic heterocycles. The van der Waals surface area contributed by atoms with E-state index in [2.05, 4.69) is 9.71 Å². The summed E-state index contributed by atoms with van der Waals surface area (Å²) in [4.78, 5) is 24.6. The predicted molar refractivity (Wildman–Crippen MR) is 154 cm³/mol. The molecule has 0 bridgehead atoms. The van der Waals surface area contributed by atoms with E-state index in [1.807, 2.05) is 13.0 Å². The number of ether oxygens (including phenoxy) is 1. The number of carbonyl (C=O) groups excluding carboxylic acids is 1. The topological polar surface area (TPSA) is 101 Å². The number of benzene rings is 3. The number of amides is 1. The zero-order valence-corrected chi connectivity index (χ0v) is 23.3. The first-order valence-electron chi connectivity index (χ1n) is 11.8. The summed E-state index contributed by atoms with van der Waals surface area (Å²) >= 11 is 7.70. The highest BCUT2D eigenvalue weighted by Crippen LogP contribution is 2.39. The second kappa shape index (κ2) is 11.0. The van der Waals surface area contributed by atoms with Gasteiger partial charge >= 0.3 is 0 Å². The van der Waals surface area contributed by atoms with Crippen LogP contribution in [0.15, 0.2) is 90.1 Å². The van der Waals surface area contributed by atoms with Gasteiger partial charge in [-0.05, 0) is 55.0 Å². The maximum atomic E-state index is 14.1. The van der Waals surface area contributed by atoms with E-state index < -0.39 is 15.9 Å². The Kier molecular flexibility index (Phi) is 7.51. The van der Waals surface area contributed by atoms with Crippen molar-refractivity contribution in [3.8, 4) is 5.75 Å². The molecule has 2 heterocycles. The van der Waals surface area contributed by atoms with Gasteiger partial charge in [-0.1, -0.05) is 58.8 Å². The van der Waals surface area contributed by atoms with Gasteiger partial charge in [0.1, 0.15) is 11.3 Å². The number of fused-ring (bicyclic) bond motifs is 1. The standard InChI is InChI=1S/C28H23ClN4O4S2/c1-18-9-11-20(12-10-18)39(35,36)32-23-8-4-3-7-21(23)27(34)33(17-19-6-5-15-30-16-19)28-31-25-24(37-2)14-13-22(29)26(25)38-28/h3-16,32H,17H2,1-2H3. The van der Waals surface area contributed by atoms with Gasteiger partial charge in [0.25, 0.3) is 15.9 Å². The van der Waals surface area contributed by atoms with Crippen LogP contribution in [0.1, 0.15) is 21.5 Å². The van der Waals surface area contributed by atoms with Crippen molar-refractivity contribution in [3.63, 3.8) is 0 Å². The average molecular weight is 579 g/mol. The summed E-state index contributed by atoms with van der Waals surface area (Å²) in [6.07, 6.45) is 3.31. The number of carbonyl (C=O) groups is 1. The normalized spacial score (nSPS) is 11.4. The van der Waals surface area contributed by atoms with Crippen LogP contribution >= 0.6 is 22.9 Å². The molecule has 0 atom stereocenters. The third kappa shape index (κ3) is 5.58. The zero-order valence-electron chi connectivity index (χ0n) is 21.0. The summed E-state index contributed by atoms with van der Waals surface area (Å²) in [5.74, 6) is 0.0761. The van der Waals surface area contributed by atoms with E-state index in [0.717, 1.165) is 11.1 Å². The maximum Gasteiger partial charge on any atom is 0.262 e. The van der Waals surface area contributed by atoms with Crippen molar-refractivity contribution in [2.75, 3.05) is 16.7 Å². The number of pyridine rings is 1. The Morgan fingerprint density at radius 3 is 2.54 bits per heavy atom. The summed E-state index contributed by atoms with van der Waals surface area (Å²) in [6, 6.07) is 20.0. The monoisotopic (exact) mass is 578 g/mol. The molecule has 0 unspecified atom stereocenters. The molecule has 0 radical (unpaired) electrons. The Morgan fingerprint density at radius 1 is 1.05 bits per heavy atom. The highest BCUT2D eigenvalue weighted by molar-refractivity contribution is 7.92. The minimum absolute atomic E-state index is 0.0930. The quantitative estimate of drug-likeness (QED) is 0.231. The van der Waals surface area contributed by atoms with Crippen LogP contribution in [0.2, 0.25) is 5.02 Å². The molecule has 11 heteroatoms. The number of para-hydroxylation sites is 1. The lowest BCUT2D eigenvalue weighted by molar-refractivity contribution is 0.0986. The molecule has 0 fully saturated rings. The number of aromatic nitrogens is 2. The Balaban J connectivity index is 1.58. The number of thiazole rings is 1. The van der Waals surface area contributed by atoms with Crippen LogP contribution in [0.3, 0.4) is 0 Å². The van der Waals surface area contributed by atoms with E-state index in [-0.39, 0.29) is 22.7 Å². The molecule has 39 heavy (non-hydrogen) atoms. The predicted octanol–water partition coefficient (Wildman–Crippen LogP) is 6.31. The van der Waals surface area contributed by atoms with Gasteiger partial charge < -0.3 is 4.74 Å². The Bertz CT molecular complexity index is 1760. The molecule has 1 amide bonds. The third-order valence-corrected chi connectivity index (χ3v) is 8.86. The Labute approximate surface area is 234 Å². The second-order valence-corrected chi connectivity index (χ2v) is 11.7. The smallest absolute Gasteiger partial charge is 0.262 e. The molecule has 3 aromatic carbocycles. The lowest BCUT2D eigenvalue weighted by Crippen LogP contribution is -2.31. The molecule has 0 spiro atoms. The summed E-state index contributed by atoms with van der Waals surface area (Å²) in [5.41, 5.74) is 2.54. The number of nitrogens with zero attached hydrogens (tertiary/aromatic N) is 3. The number of halogens is 1. The maximum absolute atomic E-state index is 14.1. The minimum Gasteiger partial charge on any atom is -0.494 e. The molecule has 1 N–H and O–H groups in total. The number of nitrogens with one attached hydrogen (secondary N) is 1. The highest BCUT2D eigenvalue weighted by Gasteiger charge is 2.27. The molecule has 198 valence electrons. The van der Waals surface area contributed by atoms with E-state index in [9.17, 15) is 13.2 Å². The van der Waals surface area contributed by atoms with Crippen molar-refractivity contribution in [3.05, 3.63) is 107 Å². The largest absolute Gasteiger partial charge is 0.494 e. The van der Waals surface area contributed by atoms with Crippen LogP contribution in [0.5, 0.6) is 5.75 Å². The van der Waals surface area contributed by atoms with Gasteiger partial charge in [0, 0.05) is 12.4 Å². The first kappa shape index (κ1) is 26.6. The van der Waals surface area contributed by atoms with Crippen molar-refractivity contribution in [1.82, 2.24) is 9.97 Å². The second-order valence-electron chi connectivity index (χ2n) is 8.64. The van der Waals surface area contributed by atoms with Gasteiger partial charge in [0.15, 0.2) is 5.13 Å². The van der Waals surface area contributed by atoms with Crippen LogP contribution in [0.25, 0.3) is 10.2 Å². The molecule has 0 saturated carbocycles. The fourth-order valence-electron chi connectivity index (χ4n) is 3.95. The zero-order chi connectivity index (χ0) is 27.6. The third-order valence-electron chi connectivity index (χ3n) is 5.94. The van der Waals surface area contributed by atoms with Crippen LogP contribution in [0, 0.1) is 6.92 Å². The van der Waals surface area contributed by atoms with Crippen LogP contribution in [-0.2, 0) is 16.6 Å². The fraction of sp³-hybridized carbons (Fsp3) is 0.107. The number of anilines is 2. The minimum atomic E-state index is -3.95. The Morgan fingerprint density at radius 2 is 1.82 bits per heavy atom. The summed E-state index contributed by atoms with van der Waals surface area (Å²) in [6.45, 7) is 2.02. The van der Waals surface area contributed by atoms with E-state index in [4.69, 9.17) is 21.3 Å². The van der Waals surface area contributed by atoms with Crippen molar-refractivity contribution in [2.24, 2.45) is 0 Å². The van der Waals surface area contributed by atoms with Gasteiger partial charge in [-0.3, -0.25) is 19.4 Å². The SMILES string of the molecule is COc1ccc(Cl)c2sc(N(Cc3cccnc3)C(=O)c3ccccc3NS(=O)(=O)c3ccc(C)cc3)nc12. The van der Waals surface area contributed by atoms with Crippen LogP contribution in [-0.4, -0.2) is 31.4 Å². The van der Waals surface area contributed by atoms with Crippen molar-refractivity contribution in [1.29, 1.82) is 0 Å². The summed E-state index contributed by atoms with van der Waals surface area (Å²) < 4.78 is 35.0. The van der Waals surface area contributed by atoms with Crippen molar-refractivity contribution < 1.29 is 17.9 Å². The number of hydrogen-bond donors (Lipinski definition) is 1. The molecule has 5 aromatic rings. The van der Waals surface area contributed by atoms with E-state index in [0.29, 0.717) is 26.1 Å². The number of hydrogen-bond acceptors (Lipinski definition) is 7. The van der Waals surface area contributed by atoms with Crippen LogP contribution in [0.4, 0.5) is 10.8 Å². The van der Waals surface area contributed by atoms with Gasteiger partial charge in [-0.2, -0.15) is 0 Å². The van der Waals surface area contributed by atoms with Gasteiger partial charge in [0.05, 0.1) is 39.5 Å². The molecule has 0 aliphatic carbocycles. The first-order chi connectivity index (χ1) is 18.8.